The van der Waals surface area contributed by atoms with Crippen molar-refractivity contribution in [3.8, 4) is 0 Å². The van der Waals surface area contributed by atoms with Crippen LogP contribution in [0.15, 0.2) is 18.3 Å². The number of anilines is 1. The molecular formula is C11H18FN3. The lowest BCUT2D eigenvalue weighted by Crippen LogP contribution is -2.44. The van der Waals surface area contributed by atoms with E-state index in [1.165, 1.54) is 6.07 Å². The number of rotatable bonds is 4. The van der Waals surface area contributed by atoms with Gasteiger partial charge < -0.3 is 10.6 Å². The Morgan fingerprint density at radius 3 is 2.60 bits per heavy atom. The summed E-state index contributed by atoms with van der Waals surface area (Å²) in [6.45, 7) is 6.45. The zero-order chi connectivity index (χ0) is 11.4. The van der Waals surface area contributed by atoms with E-state index in [1.807, 2.05) is 25.7 Å². The topological polar surface area (TPSA) is 42.2 Å². The van der Waals surface area contributed by atoms with Gasteiger partial charge in [0, 0.05) is 24.8 Å². The quantitative estimate of drug-likeness (QED) is 0.825. The average molecular weight is 211 g/mol. The van der Waals surface area contributed by atoms with Crippen molar-refractivity contribution in [2.75, 3.05) is 11.4 Å². The fraction of sp³-hybridized carbons (Fsp3) is 0.545. The van der Waals surface area contributed by atoms with Gasteiger partial charge in [-0.15, -0.1) is 0 Å². The largest absolute Gasteiger partial charge is 0.348 e. The van der Waals surface area contributed by atoms with Gasteiger partial charge in [0.05, 0.1) is 0 Å². The van der Waals surface area contributed by atoms with E-state index < -0.39 is 0 Å². The number of hydrogen-bond donors (Lipinski definition) is 1. The summed E-state index contributed by atoms with van der Waals surface area (Å²) in [5.74, 6) is 0.0805. The van der Waals surface area contributed by atoms with E-state index in [9.17, 15) is 4.39 Å². The maximum atomic E-state index is 13.6. The van der Waals surface area contributed by atoms with Crippen LogP contribution in [0.4, 0.5) is 10.2 Å². The lowest BCUT2D eigenvalue weighted by atomic mass is 10.2. The first-order valence-electron chi connectivity index (χ1n) is 5.16. The van der Waals surface area contributed by atoms with Crippen molar-refractivity contribution in [3.63, 3.8) is 0 Å². The molecule has 3 nitrogen and oxygen atoms in total. The van der Waals surface area contributed by atoms with Gasteiger partial charge in [-0.05, 0) is 32.9 Å². The number of aromatic nitrogens is 1. The Hall–Kier alpha value is -1.16. The van der Waals surface area contributed by atoms with Crippen LogP contribution in [-0.4, -0.2) is 23.6 Å². The van der Waals surface area contributed by atoms with Gasteiger partial charge in [0.15, 0.2) is 11.6 Å². The van der Waals surface area contributed by atoms with Crippen LogP contribution in [0.25, 0.3) is 0 Å². The predicted octanol–water partition coefficient (Wildman–Crippen LogP) is 1.78. The molecule has 1 heterocycles. The monoisotopic (exact) mass is 211 g/mol. The van der Waals surface area contributed by atoms with Crippen molar-refractivity contribution in [2.45, 2.75) is 32.9 Å². The highest BCUT2D eigenvalue weighted by Crippen LogP contribution is 2.20. The number of pyridine rings is 1. The molecule has 84 valence electrons. The highest BCUT2D eigenvalue weighted by atomic mass is 19.1. The fourth-order valence-electron chi connectivity index (χ4n) is 1.64. The molecule has 1 unspecified atom stereocenters. The van der Waals surface area contributed by atoms with Gasteiger partial charge in [0.2, 0.25) is 0 Å². The second kappa shape index (κ2) is 5.07. The second-order valence-corrected chi connectivity index (χ2v) is 3.89. The van der Waals surface area contributed by atoms with Gasteiger partial charge in [-0.3, -0.25) is 0 Å². The first-order chi connectivity index (χ1) is 7.07. The normalized spacial score (nSPS) is 12.9. The molecule has 0 radical (unpaired) electrons. The minimum absolute atomic E-state index is 0.0781. The van der Waals surface area contributed by atoms with Crippen molar-refractivity contribution in [3.05, 3.63) is 24.1 Å². The first-order valence-corrected chi connectivity index (χ1v) is 5.16. The van der Waals surface area contributed by atoms with Gasteiger partial charge in [-0.2, -0.15) is 0 Å². The highest BCUT2D eigenvalue weighted by Gasteiger charge is 2.20. The van der Waals surface area contributed by atoms with Gasteiger partial charge in [-0.1, -0.05) is 0 Å². The van der Waals surface area contributed by atoms with Gasteiger partial charge in [0.25, 0.3) is 0 Å². The molecule has 2 N–H and O–H groups in total. The van der Waals surface area contributed by atoms with Crippen LogP contribution >= 0.6 is 0 Å². The maximum Gasteiger partial charge on any atom is 0.165 e. The van der Waals surface area contributed by atoms with Crippen molar-refractivity contribution >= 4 is 5.82 Å². The number of nitrogens with zero attached hydrogens (tertiary/aromatic N) is 2. The summed E-state index contributed by atoms with van der Waals surface area (Å²) in [6, 6.07) is 3.26. The third-order valence-electron chi connectivity index (χ3n) is 2.36. The van der Waals surface area contributed by atoms with E-state index in [0.717, 1.165) is 0 Å². The Morgan fingerprint density at radius 1 is 1.47 bits per heavy atom. The van der Waals surface area contributed by atoms with E-state index in [1.54, 1.807) is 12.3 Å². The van der Waals surface area contributed by atoms with Gasteiger partial charge in [-0.25, -0.2) is 9.37 Å². The van der Waals surface area contributed by atoms with Crippen molar-refractivity contribution in [2.24, 2.45) is 5.73 Å². The van der Waals surface area contributed by atoms with Crippen molar-refractivity contribution in [1.82, 2.24) is 4.98 Å². The molecule has 4 heteroatoms. The molecule has 1 aromatic heterocycles. The molecule has 15 heavy (non-hydrogen) atoms. The number of nitrogens with two attached hydrogens (primary N) is 1. The van der Waals surface area contributed by atoms with E-state index in [-0.39, 0.29) is 17.9 Å². The molecule has 0 bridgehead atoms. The summed E-state index contributed by atoms with van der Waals surface area (Å²) in [5, 5.41) is 0. The fourth-order valence-corrected chi connectivity index (χ4v) is 1.64. The third-order valence-corrected chi connectivity index (χ3v) is 2.36. The SMILES string of the molecule is CC(C)N(c1ncccc1F)C(C)CN. The molecule has 1 atom stereocenters. The highest BCUT2D eigenvalue weighted by molar-refractivity contribution is 5.41. The molecule has 0 spiro atoms. The molecule has 0 aliphatic rings. The summed E-state index contributed by atoms with van der Waals surface area (Å²) in [5.41, 5.74) is 5.61. The predicted molar refractivity (Wildman–Crippen MR) is 60.3 cm³/mol. The zero-order valence-corrected chi connectivity index (χ0v) is 9.44. The minimum atomic E-state index is -0.300. The molecule has 1 aromatic rings. The lowest BCUT2D eigenvalue weighted by molar-refractivity contribution is 0.542. The van der Waals surface area contributed by atoms with Crippen LogP contribution in [0, 0.1) is 5.82 Å². The third kappa shape index (κ3) is 2.65. The standard InChI is InChI=1S/C11H18FN3/c1-8(2)15(9(3)7-13)11-10(12)5-4-6-14-11/h4-6,8-9H,7,13H2,1-3H3. The molecule has 0 saturated carbocycles. The van der Waals surface area contributed by atoms with Gasteiger partial charge >= 0.3 is 0 Å². The van der Waals surface area contributed by atoms with Crippen LogP contribution in [-0.2, 0) is 0 Å². The summed E-state index contributed by atoms with van der Waals surface area (Å²) in [6.07, 6.45) is 1.59. The van der Waals surface area contributed by atoms with Crippen LogP contribution in [0.5, 0.6) is 0 Å². The Kier molecular flexibility index (Phi) is 4.03. The molecule has 0 aliphatic heterocycles. The Morgan fingerprint density at radius 2 is 2.13 bits per heavy atom. The van der Waals surface area contributed by atoms with E-state index in [4.69, 9.17) is 5.73 Å². The lowest BCUT2D eigenvalue weighted by Gasteiger charge is -2.33. The van der Waals surface area contributed by atoms with E-state index in [2.05, 4.69) is 4.98 Å². The number of hydrogen-bond acceptors (Lipinski definition) is 3. The Balaban J connectivity index is 3.04. The molecule has 0 aliphatic carbocycles. The molecule has 0 amide bonds. The summed E-state index contributed by atoms with van der Waals surface area (Å²) in [4.78, 5) is 5.96. The molecule has 0 saturated heterocycles. The minimum Gasteiger partial charge on any atom is -0.348 e. The Labute approximate surface area is 90.1 Å². The van der Waals surface area contributed by atoms with E-state index >= 15 is 0 Å². The number of halogens is 1. The van der Waals surface area contributed by atoms with Crippen molar-refractivity contribution in [1.29, 1.82) is 0 Å². The smallest absolute Gasteiger partial charge is 0.165 e. The van der Waals surface area contributed by atoms with Crippen LogP contribution in [0.2, 0.25) is 0 Å². The summed E-state index contributed by atoms with van der Waals surface area (Å²) in [7, 11) is 0. The first kappa shape index (κ1) is 11.9. The van der Waals surface area contributed by atoms with Crippen LogP contribution in [0.1, 0.15) is 20.8 Å². The average Bonchev–Trinajstić information content (AvgIpc) is 2.20. The zero-order valence-electron chi connectivity index (χ0n) is 9.44. The molecule has 0 fully saturated rings. The van der Waals surface area contributed by atoms with Gasteiger partial charge in [0.1, 0.15) is 0 Å². The molecule has 1 rings (SSSR count). The summed E-state index contributed by atoms with van der Waals surface area (Å²) >= 11 is 0. The van der Waals surface area contributed by atoms with Crippen molar-refractivity contribution < 1.29 is 4.39 Å². The Bertz CT molecular complexity index is 314. The molecular weight excluding hydrogens is 193 g/mol. The maximum absolute atomic E-state index is 13.6. The summed E-state index contributed by atoms with van der Waals surface area (Å²) < 4.78 is 13.6. The molecule has 0 aromatic carbocycles. The van der Waals surface area contributed by atoms with Crippen LogP contribution in [0.3, 0.4) is 0 Å². The van der Waals surface area contributed by atoms with Crippen LogP contribution < -0.4 is 10.6 Å². The van der Waals surface area contributed by atoms with E-state index in [0.29, 0.717) is 12.4 Å². The second-order valence-electron chi connectivity index (χ2n) is 3.89.